The monoisotopic (exact) mass is 382 g/mol. The molecule has 0 aromatic carbocycles. The second kappa shape index (κ2) is 7.48. The minimum Gasteiger partial charge on any atom is -0.342 e. The maximum Gasteiger partial charge on any atom is 0.249 e. The van der Waals surface area contributed by atoms with E-state index in [0.29, 0.717) is 31.1 Å². The van der Waals surface area contributed by atoms with Crippen LogP contribution in [0.4, 0.5) is 0 Å². The van der Waals surface area contributed by atoms with Gasteiger partial charge in [-0.2, -0.15) is 0 Å². The number of thioether (sulfide) groups is 1. The van der Waals surface area contributed by atoms with Gasteiger partial charge in [0, 0.05) is 32.5 Å². The Bertz CT molecular complexity index is 831. The van der Waals surface area contributed by atoms with Gasteiger partial charge in [0.25, 0.3) is 0 Å². The Morgan fingerprint density at radius 2 is 1.96 bits per heavy atom. The summed E-state index contributed by atoms with van der Waals surface area (Å²) in [5.74, 6) is 0.206. The highest BCUT2D eigenvalue weighted by Crippen LogP contribution is 2.23. The van der Waals surface area contributed by atoms with Gasteiger partial charge in [0.1, 0.15) is 6.33 Å². The van der Waals surface area contributed by atoms with Gasteiger partial charge in [-0.1, -0.05) is 11.8 Å². The number of aryl methyl sites for hydroxylation is 1. The highest BCUT2D eigenvalue weighted by molar-refractivity contribution is 7.99. The predicted octanol–water partition coefficient (Wildman–Crippen LogP) is 0.162. The minimum atomic E-state index is -3.53. The second-order valence-corrected chi connectivity index (χ2v) is 8.73. The number of sulfone groups is 1. The normalized spacial score (nSPS) is 16.1. The Hall–Kier alpha value is -2.01. The first-order chi connectivity index (χ1) is 12.0. The molecule has 0 spiro atoms. The third kappa shape index (κ3) is 3.98. The Morgan fingerprint density at radius 3 is 2.56 bits per heavy atom. The van der Waals surface area contributed by atoms with Crippen molar-refractivity contribution in [3.05, 3.63) is 24.8 Å². The number of rotatable bonds is 5. The average molecular weight is 382 g/mol. The molecular weight excluding hydrogens is 364 g/mol. The van der Waals surface area contributed by atoms with Crippen molar-refractivity contribution in [2.75, 3.05) is 18.8 Å². The number of carbonyl (C=O) groups excluding carboxylic acids is 1. The van der Waals surface area contributed by atoms with Gasteiger partial charge in [-0.3, -0.25) is 4.79 Å². The molecule has 1 amide bonds. The van der Waals surface area contributed by atoms with Crippen LogP contribution in [0.15, 0.2) is 35.1 Å². The van der Waals surface area contributed by atoms with E-state index in [9.17, 15) is 13.2 Å². The molecule has 1 aliphatic rings. The first kappa shape index (κ1) is 17.8. The van der Waals surface area contributed by atoms with Crippen molar-refractivity contribution in [2.24, 2.45) is 7.05 Å². The SMILES string of the molecule is Cn1cnnc1S(=O)(=O)C1CCN(C(=O)CSc2ncccn2)CC1. The number of likely N-dealkylation sites (tertiary alicyclic amines) is 1. The number of nitrogens with zero attached hydrogens (tertiary/aromatic N) is 6. The van der Waals surface area contributed by atoms with Crippen LogP contribution in [-0.2, 0) is 21.7 Å². The molecule has 0 unspecified atom stereocenters. The van der Waals surface area contributed by atoms with E-state index in [1.807, 2.05) is 0 Å². The first-order valence-corrected chi connectivity index (χ1v) is 10.3. The predicted molar refractivity (Wildman–Crippen MR) is 90.5 cm³/mol. The summed E-state index contributed by atoms with van der Waals surface area (Å²) in [5, 5.41) is 7.34. The molecule has 3 heterocycles. The van der Waals surface area contributed by atoms with Crippen molar-refractivity contribution in [2.45, 2.75) is 28.4 Å². The molecule has 0 radical (unpaired) electrons. The summed E-state index contributed by atoms with van der Waals surface area (Å²) in [6, 6.07) is 1.72. The minimum absolute atomic E-state index is 0.0194. The smallest absolute Gasteiger partial charge is 0.249 e. The number of carbonyl (C=O) groups is 1. The highest BCUT2D eigenvalue weighted by atomic mass is 32.2. The average Bonchev–Trinajstić information content (AvgIpc) is 3.07. The fourth-order valence-corrected chi connectivity index (χ4v) is 5.12. The Labute approximate surface area is 149 Å². The lowest BCUT2D eigenvalue weighted by Crippen LogP contribution is -2.43. The van der Waals surface area contributed by atoms with Gasteiger partial charge in [-0.25, -0.2) is 18.4 Å². The summed E-state index contributed by atoms with van der Waals surface area (Å²) < 4.78 is 26.6. The van der Waals surface area contributed by atoms with Crippen molar-refractivity contribution >= 4 is 27.5 Å². The molecule has 11 heteroatoms. The van der Waals surface area contributed by atoms with E-state index >= 15 is 0 Å². The van der Waals surface area contributed by atoms with Gasteiger partial charge >= 0.3 is 0 Å². The number of aromatic nitrogens is 5. The van der Waals surface area contributed by atoms with E-state index in [1.165, 1.54) is 22.7 Å². The number of hydrogen-bond donors (Lipinski definition) is 0. The van der Waals surface area contributed by atoms with E-state index in [-0.39, 0.29) is 16.8 Å². The molecule has 0 bridgehead atoms. The standard InChI is InChI=1S/C14H18N6O3S2/c1-19-10-17-18-14(19)25(22,23)11-3-7-20(8-4-11)12(21)9-24-13-15-5-2-6-16-13/h2,5-6,10-11H,3-4,7-9H2,1H3. The molecule has 1 fully saturated rings. The Morgan fingerprint density at radius 1 is 1.28 bits per heavy atom. The fraction of sp³-hybridized carbons (Fsp3) is 0.500. The molecule has 1 aliphatic heterocycles. The van der Waals surface area contributed by atoms with Crippen LogP contribution < -0.4 is 0 Å². The van der Waals surface area contributed by atoms with Crippen LogP contribution in [0.25, 0.3) is 0 Å². The summed E-state index contributed by atoms with van der Waals surface area (Å²) in [6.45, 7) is 0.827. The van der Waals surface area contributed by atoms with Gasteiger partial charge in [-0.15, -0.1) is 10.2 Å². The summed E-state index contributed by atoms with van der Waals surface area (Å²) >= 11 is 1.28. The largest absolute Gasteiger partial charge is 0.342 e. The lowest BCUT2D eigenvalue weighted by atomic mass is 10.1. The van der Waals surface area contributed by atoms with Crippen LogP contribution in [0.5, 0.6) is 0 Å². The number of hydrogen-bond acceptors (Lipinski definition) is 8. The molecule has 2 aromatic heterocycles. The molecule has 25 heavy (non-hydrogen) atoms. The van der Waals surface area contributed by atoms with Gasteiger partial charge in [0.15, 0.2) is 5.16 Å². The van der Waals surface area contributed by atoms with E-state index < -0.39 is 15.1 Å². The topological polar surface area (TPSA) is 111 Å². The van der Waals surface area contributed by atoms with Crippen LogP contribution in [0, 0.1) is 0 Å². The van der Waals surface area contributed by atoms with Crippen molar-refractivity contribution in [1.82, 2.24) is 29.6 Å². The fourth-order valence-electron chi connectivity index (χ4n) is 2.67. The third-order valence-corrected chi connectivity index (χ3v) is 7.11. The lowest BCUT2D eigenvalue weighted by molar-refractivity contribution is -0.129. The van der Waals surface area contributed by atoms with Gasteiger partial charge < -0.3 is 9.47 Å². The molecule has 0 N–H and O–H groups in total. The van der Waals surface area contributed by atoms with Crippen molar-refractivity contribution in [1.29, 1.82) is 0 Å². The molecule has 9 nitrogen and oxygen atoms in total. The summed E-state index contributed by atoms with van der Waals surface area (Å²) in [7, 11) is -1.92. The molecule has 1 saturated heterocycles. The van der Waals surface area contributed by atoms with E-state index in [2.05, 4.69) is 20.2 Å². The molecule has 2 aromatic rings. The van der Waals surface area contributed by atoms with Gasteiger partial charge in [0.2, 0.25) is 20.9 Å². The van der Waals surface area contributed by atoms with Gasteiger partial charge in [-0.05, 0) is 18.9 Å². The molecule has 0 atom stereocenters. The zero-order valence-corrected chi connectivity index (χ0v) is 15.3. The van der Waals surface area contributed by atoms with Crippen molar-refractivity contribution in [3.63, 3.8) is 0 Å². The Kier molecular flexibility index (Phi) is 5.33. The molecular formula is C14H18N6O3S2. The van der Waals surface area contributed by atoms with Crippen LogP contribution in [0.1, 0.15) is 12.8 Å². The zero-order valence-electron chi connectivity index (χ0n) is 13.6. The number of piperidine rings is 1. The van der Waals surface area contributed by atoms with Crippen LogP contribution in [0.2, 0.25) is 0 Å². The summed E-state index contributed by atoms with van der Waals surface area (Å²) in [5.41, 5.74) is 0. The van der Waals surface area contributed by atoms with E-state index in [1.54, 1.807) is 30.4 Å². The van der Waals surface area contributed by atoms with Gasteiger partial charge in [0.05, 0.1) is 11.0 Å². The van der Waals surface area contributed by atoms with E-state index in [4.69, 9.17) is 0 Å². The summed E-state index contributed by atoms with van der Waals surface area (Å²) in [4.78, 5) is 22.1. The van der Waals surface area contributed by atoms with Crippen molar-refractivity contribution < 1.29 is 13.2 Å². The highest BCUT2D eigenvalue weighted by Gasteiger charge is 2.35. The third-order valence-electron chi connectivity index (χ3n) is 4.02. The molecule has 3 rings (SSSR count). The maximum absolute atomic E-state index is 12.6. The second-order valence-electron chi connectivity index (χ2n) is 5.67. The number of amides is 1. The zero-order chi connectivity index (χ0) is 17.9. The van der Waals surface area contributed by atoms with Crippen LogP contribution in [0.3, 0.4) is 0 Å². The Balaban J connectivity index is 1.55. The summed E-state index contributed by atoms with van der Waals surface area (Å²) in [6.07, 6.45) is 5.42. The van der Waals surface area contributed by atoms with Crippen LogP contribution in [-0.4, -0.2) is 68.0 Å². The molecule has 134 valence electrons. The quantitative estimate of drug-likeness (QED) is 0.531. The molecule has 0 saturated carbocycles. The molecule has 0 aliphatic carbocycles. The maximum atomic E-state index is 12.6. The van der Waals surface area contributed by atoms with Crippen LogP contribution >= 0.6 is 11.8 Å². The first-order valence-electron chi connectivity index (χ1n) is 7.74. The van der Waals surface area contributed by atoms with E-state index in [0.717, 1.165) is 0 Å². The lowest BCUT2D eigenvalue weighted by Gasteiger charge is -2.31. The van der Waals surface area contributed by atoms with Crippen molar-refractivity contribution in [3.8, 4) is 0 Å².